The Hall–Kier alpha value is -0.750. The monoisotopic (exact) mass is 287 g/mol. The highest BCUT2D eigenvalue weighted by Crippen LogP contribution is 2.34. The first-order valence-corrected chi connectivity index (χ1v) is 7.81. The number of thioether (sulfide) groups is 1. The van der Waals surface area contributed by atoms with Crippen LogP contribution >= 0.6 is 11.8 Å². The smallest absolute Gasteiger partial charge is 0.330 e. The minimum Gasteiger partial charge on any atom is -0.479 e. The Kier molecular flexibility index (Phi) is 4.11. The van der Waals surface area contributed by atoms with Crippen LogP contribution in [0.4, 0.5) is 0 Å². The van der Waals surface area contributed by atoms with Gasteiger partial charge in [0.1, 0.15) is 5.54 Å². The van der Waals surface area contributed by atoms with Crippen LogP contribution < -0.4 is 5.32 Å². The summed E-state index contributed by atoms with van der Waals surface area (Å²) in [6.45, 7) is 5.81. The van der Waals surface area contributed by atoms with Crippen LogP contribution in [0.1, 0.15) is 27.2 Å². The van der Waals surface area contributed by atoms with Crippen molar-refractivity contribution in [3.05, 3.63) is 0 Å². The number of amides is 1. The van der Waals surface area contributed by atoms with Gasteiger partial charge >= 0.3 is 5.97 Å². The zero-order valence-electron chi connectivity index (χ0n) is 11.5. The third-order valence-corrected chi connectivity index (χ3v) is 5.53. The van der Waals surface area contributed by atoms with Gasteiger partial charge < -0.3 is 15.2 Å². The second-order valence-corrected chi connectivity index (χ2v) is 6.72. The summed E-state index contributed by atoms with van der Waals surface area (Å²) in [5.41, 5.74) is -1.09. The summed E-state index contributed by atoms with van der Waals surface area (Å²) in [6, 6.07) is 0. The lowest BCUT2D eigenvalue weighted by Crippen LogP contribution is -2.57. The van der Waals surface area contributed by atoms with E-state index < -0.39 is 11.5 Å². The number of aliphatic carboxylic acids is 1. The first-order chi connectivity index (χ1) is 8.87. The topological polar surface area (TPSA) is 75.6 Å². The summed E-state index contributed by atoms with van der Waals surface area (Å²) in [5, 5.41) is 12.2. The molecule has 0 aliphatic carbocycles. The Labute approximate surface area is 117 Å². The summed E-state index contributed by atoms with van der Waals surface area (Å²) in [7, 11) is 0. The summed E-state index contributed by atoms with van der Waals surface area (Å²) in [4.78, 5) is 23.9. The number of hydrogen-bond acceptors (Lipinski definition) is 4. The summed E-state index contributed by atoms with van der Waals surface area (Å²) in [5.74, 6) is -0.0611. The van der Waals surface area contributed by atoms with E-state index in [4.69, 9.17) is 4.74 Å². The third kappa shape index (κ3) is 2.60. The van der Waals surface area contributed by atoms with Gasteiger partial charge in [-0.05, 0) is 31.9 Å². The molecule has 0 aromatic rings. The fourth-order valence-corrected chi connectivity index (χ4v) is 4.25. The Morgan fingerprint density at radius 3 is 2.42 bits per heavy atom. The van der Waals surface area contributed by atoms with Crippen LogP contribution in [0.5, 0.6) is 0 Å². The van der Waals surface area contributed by atoms with Gasteiger partial charge in [0.2, 0.25) is 5.91 Å². The fourth-order valence-electron chi connectivity index (χ4n) is 2.92. The van der Waals surface area contributed by atoms with E-state index in [0.717, 1.165) is 5.75 Å². The molecule has 2 saturated heterocycles. The maximum Gasteiger partial charge on any atom is 0.330 e. The molecule has 19 heavy (non-hydrogen) atoms. The van der Waals surface area contributed by atoms with Crippen LogP contribution in [-0.2, 0) is 14.3 Å². The lowest BCUT2D eigenvalue weighted by molar-refractivity contribution is -0.147. The van der Waals surface area contributed by atoms with Crippen molar-refractivity contribution in [1.29, 1.82) is 0 Å². The van der Waals surface area contributed by atoms with Gasteiger partial charge in [-0.2, -0.15) is 11.8 Å². The van der Waals surface area contributed by atoms with E-state index in [-0.39, 0.29) is 30.0 Å². The molecule has 0 spiro atoms. The normalized spacial score (nSPS) is 42.3. The molecule has 2 N–H and O–H groups in total. The lowest BCUT2D eigenvalue weighted by atomic mass is 9.87. The van der Waals surface area contributed by atoms with Crippen LogP contribution in [0.2, 0.25) is 0 Å². The number of carbonyl (C=O) groups is 2. The minimum atomic E-state index is -1.09. The van der Waals surface area contributed by atoms with E-state index in [0.29, 0.717) is 12.2 Å². The van der Waals surface area contributed by atoms with Crippen molar-refractivity contribution in [3.63, 3.8) is 0 Å². The Morgan fingerprint density at radius 2 is 2.00 bits per heavy atom. The van der Waals surface area contributed by atoms with E-state index in [1.54, 1.807) is 11.8 Å². The van der Waals surface area contributed by atoms with Gasteiger partial charge in [0, 0.05) is 5.75 Å². The Morgan fingerprint density at radius 1 is 1.32 bits per heavy atom. The number of ether oxygens (including phenoxy) is 1. The highest BCUT2D eigenvalue weighted by molar-refractivity contribution is 7.99. The second-order valence-electron chi connectivity index (χ2n) is 5.61. The highest BCUT2D eigenvalue weighted by atomic mass is 32.2. The van der Waals surface area contributed by atoms with Crippen LogP contribution in [0.25, 0.3) is 0 Å². The Balaban J connectivity index is 2.10. The molecule has 6 heteroatoms. The van der Waals surface area contributed by atoms with Gasteiger partial charge in [0.15, 0.2) is 0 Å². The van der Waals surface area contributed by atoms with E-state index in [9.17, 15) is 14.7 Å². The maximum absolute atomic E-state index is 12.4. The molecule has 5 atom stereocenters. The number of nitrogens with one attached hydrogen (secondary N) is 1. The molecule has 5 unspecified atom stereocenters. The van der Waals surface area contributed by atoms with Crippen molar-refractivity contribution in [1.82, 2.24) is 5.32 Å². The third-order valence-electron chi connectivity index (χ3n) is 4.34. The fraction of sp³-hybridized carbons (Fsp3) is 0.846. The summed E-state index contributed by atoms with van der Waals surface area (Å²) in [6.07, 6.45) is 0.361. The van der Waals surface area contributed by atoms with Crippen molar-refractivity contribution in [3.8, 4) is 0 Å². The van der Waals surface area contributed by atoms with E-state index in [2.05, 4.69) is 5.32 Å². The van der Waals surface area contributed by atoms with Crippen LogP contribution in [0, 0.1) is 11.8 Å². The van der Waals surface area contributed by atoms with Gasteiger partial charge in [-0.3, -0.25) is 4.79 Å². The number of hydrogen-bond donors (Lipinski definition) is 2. The molecule has 108 valence electrons. The summed E-state index contributed by atoms with van der Waals surface area (Å²) < 4.78 is 5.65. The zero-order valence-corrected chi connectivity index (χ0v) is 12.3. The number of carboxylic acid groups (broad SMARTS) is 1. The molecule has 0 radical (unpaired) electrons. The molecule has 2 rings (SSSR count). The summed E-state index contributed by atoms with van der Waals surface area (Å²) >= 11 is 1.57. The number of carbonyl (C=O) groups excluding carboxylic acids is 1. The van der Waals surface area contributed by atoms with Gasteiger partial charge in [-0.1, -0.05) is 6.92 Å². The van der Waals surface area contributed by atoms with Gasteiger partial charge in [-0.25, -0.2) is 4.79 Å². The minimum absolute atomic E-state index is 0.0319. The van der Waals surface area contributed by atoms with Crippen molar-refractivity contribution < 1.29 is 19.4 Å². The molecule has 2 aliphatic heterocycles. The average Bonchev–Trinajstić information content (AvgIpc) is 2.86. The first kappa shape index (κ1) is 14.7. The van der Waals surface area contributed by atoms with Crippen molar-refractivity contribution in [2.45, 2.75) is 44.9 Å². The molecule has 0 bridgehead atoms. The predicted molar refractivity (Wildman–Crippen MR) is 73.1 cm³/mol. The van der Waals surface area contributed by atoms with Crippen molar-refractivity contribution in [2.75, 3.05) is 11.5 Å². The van der Waals surface area contributed by atoms with Crippen LogP contribution in [0.15, 0.2) is 0 Å². The number of carboxylic acids is 1. The van der Waals surface area contributed by atoms with Gasteiger partial charge in [-0.15, -0.1) is 0 Å². The Bertz CT molecular complexity index is 381. The van der Waals surface area contributed by atoms with Gasteiger partial charge in [0.05, 0.1) is 18.1 Å². The molecule has 2 aliphatic rings. The largest absolute Gasteiger partial charge is 0.479 e. The molecule has 0 aromatic carbocycles. The molecule has 5 nitrogen and oxygen atoms in total. The quantitative estimate of drug-likeness (QED) is 0.813. The SMILES string of the molecule is CC1OC(C)C(C(=O)NC2(C(=O)O)CCSC2)C1C. The number of rotatable bonds is 3. The van der Waals surface area contributed by atoms with Crippen molar-refractivity contribution in [2.24, 2.45) is 11.8 Å². The van der Waals surface area contributed by atoms with E-state index in [1.807, 2.05) is 20.8 Å². The maximum atomic E-state index is 12.4. The first-order valence-electron chi connectivity index (χ1n) is 6.66. The standard InChI is InChI=1S/C13H21NO4S/c1-7-8(2)18-9(3)10(7)11(15)14-13(12(16)17)4-5-19-6-13/h7-10H,4-6H2,1-3H3,(H,14,15)(H,16,17). The van der Waals surface area contributed by atoms with Crippen LogP contribution in [0.3, 0.4) is 0 Å². The molecular formula is C13H21NO4S. The predicted octanol–water partition coefficient (Wildman–Crippen LogP) is 1.12. The lowest BCUT2D eigenvalue weighted by Gasteiger charge is -2.28. The highest BCUT2D eigenvalue weighted by Gasteiger charge is 2.48. The van der Waals surface area contributed by atoms with E-state index >= 15 is 0 Å². The second kappa shape index (κ2) is 5.32. The molecule has 1 amide bonds. The van der Waals surface area contributed by atoms with E-state index in [1.165, 1.54) is 0 Å². The van der Waals surface area contributed by atoms with Gasteiger partial charge in [0.25, 0.3) is 0 Å². The zero-order chi connectivity index (χ0) is 14.2. The molecular weight excluding hydrogens is 266 g/mol. The average molecular weight is 287 g/mol. The molecule has 2 heterocycles. The molecule has 0 saturated carbocycles. The molecule has 0 aromatic heterocycles. The molecule has 2 fully saturated rings. The van der Waals surface area contributed by atoms with Crippen LogP contribution in [-0.4, -0.2) is 46.2 Å². The van der Waals surface area contributed by atoms with Crippen molar-refractivity contribution >= 4 is 23.6 Å².